The highest BCUT2D eigenvalue weighted by molar-refractivity contribution is 5.20. The van der Waals surface area contributed by atoms with Crippen LogP contribution in [0.4, 0.5) is 0 Å². The normalized spacial score (nSPS) is 14.8. The molecule has 0 spiro atoms. The van der Waals surface area contributed by atoms with Crippen LogP contribution >= 0.6 is 0 Å². The topological polar surface area (TPSA) is 48.1 Å². The van der Waals surface area contributed by atoms with Crippen LogP contribution in [-0.4, -0.2) is 17.7 Å². The van der Waals surface area contributed by atoms with Gasteiger partial charge in [0.1, 0.15) is 0 Å². The number of rotatable bonds is 6. The van der Waals surface area contributed by atoms with Gasteiger partial charge in [0.2, 0.25) is 0 Å². The molecular weight excluding hydrogens is 200 g/mol. The Bertz CT molecular complexity index is 309. The zero-order valence-corrected chi connectivity index (χ0v) is 10.4. The van der Waals surface area contributed by atoms with Crippen LogP contribution < -0.4 is 5.73 Å². The first kappa shape index (κ1) is 13.1. The largest absolute Gasteiger partial charge is 0.377 e. The Morgan fingerprint density at radius 3 is 2.69 bits per heavy atom. The third-order valence-corrected chi connectivity index (χ3v) is 2.64. The molecule has 2 atom stereocenters. The monoisotopic (exact) mass is 222 g/mol. The average Bonchev–Trinajstić information content (AvgIpc) is 2.28. The Labute approximate surface area is 98.0 Å². The fourth-order valence-corrected chi connectivity index (χ4v) is 1.84. The molecule has 2 N–H and O–H groups in total. The van der Waals surface area contributed by atoms with E-state index in [1.165, 1.54) is 0 Å². The molecular formula is C13H22N2O. The van der Waals surface area contributed by atoms with Crippen molar-refractivity contribution in [2.75, 3.05) is 6.61 Å². The molecule has 0 saturated heterocycles. The number of hydrogen-bond acceptors (Lipinski definition) is 3. The van der Waals surface area contributed by atoms with Crippen LogP contribution in [0.3, 0.4) is 0 Å². The summed E-state index contributed by atoms with van der Waals surface area (Å²) in [6.45, 7) is 6.88. The van der Waals surface area contributed by atoms with Gasteiger partial charge in [0.05, 0.1) is 12.1 Å². The van der Waals surface area contributed by atoms with Crippen molar-refractivity contribution < 1.29 is 4.74 Å². The number of ether oxygens (including phenoxy) is 1. The van der Waals surface area contributed by atoms with Gasteiger partial charge >= 0.3 is 0 Å². The fraction of sp³-hybridized carbons (Fsp3) is 0.615. The van der Waals surface area contributed by atoms with Crippen LogP contribution in [0.25, 0.3) is 0 Å². The van der Waals surface area contributed by atoms with E-state index in [4.69, 9.17) is 10.5 Å². The maximum Gasteiger partial charge on any atom is 0.0767 e. The molecule has 1 aromatic rings. The molecule has 0 aromatic carbocycles. The van der Waals surface area contributed by atoms with E-state index in [2.05, 4.69) is 18.0 Å². The van der Waals surface area contributed by atoms with Gasteiger partial charge in [0.25, 0.3) is 0 Å². The molecule has 1 rings (SSSR count). The molecule has 0 fully saturated rings. The minimum atomic E-state index is -0.0766. The van der Waals surface area contributed by atoms with E-state index < -0.39 is 0 Å². The molecule has 3 nitrogen and oxygen atoms in total. The second-order valence-electron chi connectivity index (χ2n) is 4.10. The first-order valence-corrected chi connectivity index (χ1v) is 5.97. The molecule has 0 aliphatic carbocycles. The van der Waals surface area contributed by atoms with Crippen molar-refractivity contribution in [3.63, 3.8) is 0 Å². The molecule has 0 amide bonds. The molecule has 3 heteroatoms. The van der Waals surface area contributed by atoms with Gasteiger partial charge in [-0.2, -0.15) is 0 Å². The molecule has 0 aliphatic heterocycles. The summed E-state index contributed by atoms with van der Waals surface area (Å²) in [7, 11) is 0. The van der Waals surface area contributed by atoms with Gasteiger partial charge in [-0.05, 0) is 31.4 Å². The molecule has 16 heavy (non-hydrogen) atoms. The van der Waals surface area contributed by atoms with Crippen LogP contribution in [0.2, 0.25) is 0 Å². The summed E-state index contributed by atoms with van der Waals surface area (Å²) >= 11 is 0. The second kappa shape index (κ2) is 6.61. The van der Waals surface area contributed by atoms with Gasteiger partial charge in [-0.25, -0.2) is 0 Å². The number of nitrogens with zero attached hydrogens (tertiary/aromatic N) is 1. The minimum Gasteiger partial charge on any atom is -0.377 e. The van der Waals surface area contributed by atoms with Crippen molar-refractivity contribution in [2.24, 2.45) is 5.73 Å². The van der Waals surface area contributed by atoms with E-state index in [9.17, 15) is 0 Å². The van der Waals surface area contributed by atoms with E-state index in [-0.39, 0.29) is 12.1 Å². The van der Waals surface area contributed by atoms with Crippen LogP contribution in [0.15, 0.2) is 18.5 Å². The lowest BCUT2D eigenvalue weighted by Crippen LogP contribution is -2.29. The highest BCUT2D eigenvalue weighted by Crippen LogP contribution is 2.20. The summed E-state index contributed by atoms with van der Waals surface area (Å²) in [5.41, 5.74) is 8.42. The van der Waals surface area contributed by atoms with Crippen molar-refractivity contribution in [1.29, 1.82) is 0 Å². The lowest BCUT2D eigenvalue weighted by Gasteiger charge is -2.23. The Kier molecular flexibility index (Phi) is 5.43. The van der Waals surface area contributed by atoms with Crippen LogP contribution in [0.1, 0.15) is 43.9 Å². The average molecular weight is 222 g/mol. The molecule has 0 bridgehead atoms. The number of aryl methyl sites for hydroxylation is 1. The number of aromatic nitrogens is 1. The van der Waals surface area contributed by atoms with Crippen molar-refractivity contribution in [3.05, 3.63) is 29.6 Å². The van der Waals surface area contributed by atoms with Crippen molar-refractivity contribution in [1.82, 2.24) is 4.98 Å². The predicted octanol–water partition coefficient (Wildman–Crippen LogP) is 2.60. The Morgan fingerprint density at radius 1 is 1.38 bits per heavy atom. The third-order valence-electron chi connectivity index (χ3n) is 2.64. The smallest absolute Gasteiger partial charge is 0.0767 e. The number of nitrogens with two attached hydrogens (primary N) is 1. The number of pyridine rings is 1. The van der Waals surface area contributed by atoms with Gasteiger partial charge < -0.3 is 10.5 Å². The quantitative estimate of drug-likeness (QED) is 0.804. The van der Waals surface area contributed by atoms with Crippen molar-refractivity contribution >= 4 is 0 Å². The molecule has 0 saturated carbocycles. The van der Waals surface area contributed by atoms with Crippen molar-refractivity contribution in [3.8, 4) is 0 Å². The SMILES string of the molecule is CCCC(OCC)C(N)c1cncc(C)c1. The molecule has 0 radical (unpaired) electrons. The van der Waals surface area contributed by atoms with Crippen molar-refractivity contribution in [2.45, 2.75) is 45.8 Å². The summed E-state index contributed by atoms with van der Waals surface area (Å²) in [5.74, 6) is 0. The summed E-state index contributed by atoms with van der Waals surface area (Å²) in [6.07, 6.45) is 5.84. The zero-order chi connectivity index (χ0) is 12.0. The Morgan fingerprint density at radius 2 is 2.12 bits per heavy atom. The third kappa shape index (κ3) is 3.58. The van der Waals surface area contributed by atoms with Crippen LogP contribution in [0, 0.1) is 6.92 Å². The first-order chi connectivity index (χ1) is 7.69. The zero-order valence-electron chi connectivity index (χ0n) is 10.4. The fourth-order valence-electron chi connectivity index (χ4n) is 1.84. The second-order valence-corrected chi connectivity index (χ2v) is 4.10. The first-order valence-electron chi connectivity index (χ1n) is 5.97. The van der Waals surface area contributed by atoms with Gasteiger partial charge in [0.15, 0.2) is 0 Å². The van der Waals surface area contributed by atoms with E-state index in [0.29, 0.717) is 6.61 Å². The van der Waals surface area contributed by atoms with Crippen LogP contribution in [0.5, 0.6) is 0 Å². The van der Waals surface area contributed by atoms with Gasteiger partial charge in [-0.3, -0.25) is 4.98 Å². The lowest BCUT2D eigenvalue weighted by atomic mass is 9.99. The van der Waals surface area contributed by atoms with Gasteiger partial charge in [0, 0.05) is 19.0 Å². The summed E-state index contributed by atoms with van der Waals surface area (Å²) in [4.78, 5) is 4.17. The summed E-state index contributed by atoms with van der Waals surface area (Å²) in [6, 6.07) is 2.01. The maximum absolute atomic E-state index is 6.22. The Hall–Kier alpha value is -0.930. The van der Waals surface area contributed by atoms with E-state index in [1.54, 1.807) is 0 Å². The lowest BCUT2D eigenvalue weighted by molar-refractivity contribution is 0.0373. The highest BCUT2D eigenvalue weighted by Gasteiger charge is 2.19. The molecule has 0 aliphatic rings. The van der Waals surface area contributed by atoms with E-state index in [1.807, 2.05) is 26.2 Å². The Balaban J connectivity index is 2.76. The van der Waals surface area contributed by atoms with Gasteiger partial charge in [-0.1, -0.05) is 19.4 Å². The standard InChI is InChI=1S/C13H22N2O/c1-4-6-12(16-5-2)13(14)11-7-10(3)8-15-9-11/h7-9,12-13H,4-6,14H2,1-3H3. The summed E-state index contributed by atoms with van der Waals surface area (Å²) in [5, 5.41) is 0. The summed E-state index contributed by atoms with van der Waals surface area (Å²) < 4.78 is 5.69. The highest BCUT2D eigenvalue weighted by atomic mass is 16.5. The van der Waals surface area contributed by atoms with E-state index in [0.717, 1.165) is 24.0 Å². The number of hydrogen-bond donors (Lipinski definition) is 1. The van der Waals surface area contributed by atoms with Gasteiger partial charge in [-0.15, -0.1) is 0 Å². The predicted molar refractivity (Wildman–Crippen MR) is 66.2 cm³/mol. The van der Waals surface area contributed by atoms with E-state index >= 15 is 0 Å². The minimum absolute atomic E-state index is 0.0766. The van der Waals surface area contributed by atoms with Crippen LogP contribution in [-0.2, 0) is 4.74 Å². The molecule has 1 heterocycles. The molecule has 1 aromatic heterocycles. The maximum atomic E-state index is 6.22. The molecule has 90 valence electrons. The molecule has 2 unspecified atom stereocenters.